The van der Waals surface area contributed by atoms with Crippen molar-refractivity contribution in [2.75, 3.05) is 19.6 Å². The zero-order valence-electron chi connectivity index (χ0n) is 20.5. The number of phenols is 1. The number of carbonyl (C=O) groups is 3. The highest BCUT2D eigenvalue weighted by atomic mass is 16.3. The molecule has 0 saturated carbocycles. The normalized spacial score (nSPS) is 20.5. The Balaban J connectivity index is 2.08. The summed E-state index contributed by atoms with van der Waals surface area (Å²) in [6.45, 7) is 2.80. The number of hydrogen-bond acceptors (Lipinski definition) is 7. The maximum atomic E-state index is 13.3. The molecule has 0 unspecified atom stereocenters. The van der Waals surface area contributed by atoms with Gasteiger partial charge in [0.1, 0.15) is 17.8 Å². The van der Waals surface area contributed by atoms with Crippen LogP contribution in [-0.4, -0.2) is 60.6 Å². The SMILES string of the molecule is Cc1ccc2cc1C[C@@H](C(=O)NCCN)NC(=O)[C@H](CCCN)NC(=O)[C@@H](N)Cc1cc-2ccc1O. The second-order valence-electron chi connectivity index (χ2n) is 9.13. The molecule has 1 aliphatic rings. The summed E-state index contributed by atoms with van der Waals surface area (Å²) in [7, 11) is 0. The molecule has 1 aliphatic heterocycles. The van der Waals surface area contributed by atoms with Gasteiger partial charge >= 0.3 is 0 Å². The Morgan fingerprint density at radius 3 is 2.39 bits per heavy atom. The minimum atomic E-state index is -0.998. The third kappa shape index (κ3) is 6.81. The lowest BCUT2D eigenvalue weighted by molar-refractivity contribution is -0.132. The van der Waals surface area contributed by atoms with Gasteiger partial charge in [0.05, 0.1) is 6.04 Å². The highest BCUT2D eigenvalue weighted by molar-refractivity contribution is 5.93. The van der Waals surface area contributed by atoms with Gasteiger partial charge in [-0.05, 0) is 66.3 Å². The molecule has 0 aliphatic carbocycles. The zero-order chi connectivity index (χ0) is 26.2. The Kier molecular flexibility index (Phi) is 9.40. The molecule has 10 nitrogen and oxygen atoms in total. The number of nitrogens with one attached hydrogen (secondary N) is 3. The molecular weight excluding hydrogens is 460 g/mol. The van der Waals surface area contributed by atoms with Crippen LogP contribution in [0.1, 0.15) is 29.5 Å². The molecule has 10 heteroatoms. The van der Waals surface area contributed by atoms with E-state index in [1.165, 1.54) is 0 Å². The smallest absolute Gasteiger partial charge is 0.243 e. The van der Waals surface area contributed by atoms with Gasteiger partial charge in [-0.25, -0.2) is 0 Å². The van der Waals surface area contributed by atoms with E-state index in [0.717, 1.165) is 22.3 Å². The van der Waals surface area contributed by atoms with E-state index in [0.29, 0.717) is 18.5 Å². The largest absolute Gasteiger partial charge is 0.508 e. The van der Waals surface area contributed by atoms with Crippen molar-refractivity contribution >= 4 is 17.7 Å². The van der Waals surface area contributed by atoms with Gasteiger partial charge in [-0.15, -0.1) is 0 Å². The van der Waals surface area contributed by atoms with E-state index >= 15 is 0 Å². The maximum Gasteiger partial charge on any atom is 0.243 e. The number of carbonyl (C=O) groups excluding carboxylic acids is 3. The second-order valence-corrected chi connectivity index (χ2v) is 9.13. The molecule has 0 saturated heterocycles. The number of nitrogens with two attached hydrogens (primary N) is 3. The van der Waals surface area contributed by atoms with E-state index in [-0.39, 0.29) is 44.0 Å². The van der Waals surface area contributed by atoms with Crippen LogP contribution in [-0.2, 0) is 27.2 Å². The minimum Gasteiger partial charge on any atom is -0.508 e. The van der Waals surface area contributed by atoms with Crippen LogP contribution in [0, 0.1) is 6.92 Å². The Morgan fingerprint density at radius 1 is 1.00 bits per heavy atom. The first-order valence-corrected chi connectivity index (χ1v) is 12.2. The van der Waals surface area contributed by atoms with Crippen molar-refractivity contribution in [2.45, 2.75) is 50.7 Å². The molecule has 0 aromatic heterocycles. The minimum absolute atomic E-state index is 0.0349. The lowest BCUT2D eigenvalue weighted by atomic mass is 9.93. The third-order valence-electron chi connectivity index (χ3n) is 6.37. The van der Waals surface area contributed by atoms with Gasteiger partial charge in [-0.1, -0.05) is 24.3 Å². The lowest BCUT2D eigenvalue weighted by Crippen LogP contribution is -2.56. The fourth-order valence-electron chi connectivity index (χ4n) is 4.22. The average molecular weight is 497 g/mol. The summed E-state index contributed by atoms with van der Waals surface area (Å²) in [5.41, 5.74) is 21.4. The number of amides is 3. The van der Waals surface area contributed by atoms with Crippen molar-refractivity contribution in [1.29, 1.82) is 0 Å². The summed E-state index contributed by atoms with van der Waals surface area (Å²) >= 11 is 0. The summed E-state index contributed by atoms with van der Waals surface area (Å²) in [4.78, 5) is 39.2. The molecule has 2 aromatic rings. The first-order chi connectivity index (χ1) is 17.2. The molecule has 3 rings (SSSR count). The molecule has 0 radical (unpaired) electrons. The van der Waals surface area contributed by atoms with Crippen molar-refractivity contribution in [1.82, 2.24) is 16.0 Å². The fraction of sp³-hybridized carbons (Fsp3) is 0.423. The van der Waals surface area contributed by atoms with Crippen LogP contribution in [0.2, 0.25) is 0 Å². The quantitative estimate of drug-likeness (QED) is 0.283. The van der Waals surface area contributed by atoms with Crippen LogP contribution < -0.4 is 33.2 Å². The number of fused-ring (bicyclic) bond motifs is 5. The van der Waals surface area contributed by atoms with Crippen LogP contribution in [0.5, 0.6) is 5.75 Å². The molecule has 0 fully saturated rings. The van der Waals surface area contributed by atoms with Crippen LogP contribution >= 0.6 is 0 Å². The first-order valence-electron chi connectivity index (χ1n) is 12.2. The second kappa shape index (κ2) is 12.5. The standard InChI is InChI=1S/C26H36N6O4/c1-15-4-5-16-11-18(15)14-22(25(35)30-10-9-28)32-26(36)21(3-2-8-27)31-24(34)20(29)13-19-12-17(16)6-7-23(19)33/h4-7,11-12,20-22,33H,2-3,8-10,13-14,27-29H2,1H3,(H,30,35)(H,31,34)(H,32,36)/t20-,21-,22-/m0/s1. The summed E-state index contributed by atoms with van der Waals surface area (Å²) in [5.74, 6) is -1.36. The molecule has 36 heavy (non-hydrogen) atoms. The summed E-state index contributed by atoms with van der Waals surface area (Å²) in [6.07, 6.45) is 1.10. The Labute approximate surface area is 211 Å². The first kappa shape index (κ1) is 27.1. The number of phenolic OH excluding ortho intramolecular Hbond substituents is 1. The van der Waals surface area contributed by atoms with E-state index in [9.17, 15) is 19.5 Å². The zero-order valence-corrected chi connectivity index (χ0v) is 20.5. The number of hydrogen-bond donors (Lipinski definition) is 7. The van der Waals surface area contributed by atoms with Crippen molar-refractivity contribution < 1.29 is 19.5 Å². The van der Waals surface area contributed by atoms with E-state index in [1.807, 2.05) is 25.1 Å². The fourth-order valence-corrected chi connectivity index (χ4v) is 4.22. The van der Waals surface area contributed by atoms with Gasteiger partial charge in [0, 0.05) is 25.9 Å². The highest BCUT2D eigenvalue weighted by Gasteiger charge is 2.29. The van der Waals surface area contributed by atoms with Gasteiger partial charge in [0.2, 0.25) is 17.7 Å². The number of aromatic hydroxyl groups is 1. The predicted octanol–water partition coefficient (Wildman–Crippen LogP) is -0.423. The van der Waals surface area contributed by atoms with Crippen LogP contribution in [0.25, 0.3) is 11.1 Å². The summed E-state index contributed by atoms with van der Waals surface area (Å²) in [5, 5.41) is 18.7. The van der Waals surface area contributed by atoms with Gasteiger partial charge in [-0.2, -0.15) is 0 Å². The van der Waals surface area contributed by atoms with Gasteiger partial charge in [0.25, 0.3) is 0 Å². The van der Waals surface area contributed by atoms with Gasteiger partial charge in [-0.3, -0.25) is 14.4 Å². The molecule has 4 bridgehead atoms. The average Bonchev–Trinajstić information content (AvgIpc) is 2.86. The van der Waals surface area contributed by atoms with E-state index < -0.39 is 29.9 Å². The van der Waals surface area contributed by atoms with Crippen molar-refractivity contribution in [3.63, 3.8) is 0 Å². The van der Waals surface area contributed by atoms with Crippen molar-refractivity contribution in [3.05, 3.63) is 53.1 Å². The Bertz CT molecular complexity index is 1110. The molecule has 1 heterocycles. The molecular formula is C26H36N6O4. The molecule has 194 valence electrons. The summed E-state index contributed by atoms with van der Waals surface area (Å²) in [6, 6.07) is 8.23. The van der Waals surface area contributed by atoms with Crippen molar-refractivity contribution in [2.24, 2.45) is 17.2 Å². The Morgan fingerprint density at radius 2 is 1.69 bits per heavy atom. The molecule has 3 amide bonds. The maximum absolute atomic E-state index is 13.3. The Hall–Kier alpha value is -3.47. The monoisotopic (exact) mass is 496 g/mol. The number of aryl methyl sites for hydroxylation is 1. The van der Waals surface area contributed by atoms with Gasteiger partial charge < -0.3 is 38.3 Å². The molecule has 2 aromatic carbocycles. The van der Waals surface area contributed by atoms with E-state index in [1.54, 1.807) is 18.2 Å². The van der Waals surface area contributed by atoms with E-state index in [2.05, 4.69) is 16.0 Å². The van der Waals surface area contributed by atoms with Crippen molar-refractivity contribution in [3.8, 4) is 16.9 Å². The number of benzene rings is 2. The molecule has 10 N–H and O–H groups in total. The molecule has 3 atom stereocenters. The summed E-state index contributed by atoms with van der Waals surface area (Å²) < 4.78 is 0. The van der Waals surface area contributed by atoms with Crippen LogP contribution in [0.3, 0.4) is 0 Å². The highest BCUT2D eigenvalue weighted by Crippen LogP contribution is 2.29. The van der Waals surface area contributed by atoms with E-state index in [4.69, 9.17) is 17.2 Å². The van der Waals surface area contributed by atoms with Crippen LogP contribution in [0.15, 0.2) is 36.4 Å². The lowest BCUT2D eigenvalue weighted by Gasteiger charge is -2.24. The number of rotatable bonds is 6. The predicted molar refractivity (Wildman–Crippen MR) is 138 cm³/mol. The van der Waals surface area contributed by atoms with Gasteiger partial charge in [0.15, 0.2) is 0 Å². The third-order valence-corrected chi connectivity index (χ3v) is 6.37. The van der Waals surface area contributed by atoms with Crippen LogP contribution in [0.4, 0.5) is 0 Å². The topological polar surface area (TPSA) is 186 Å². The molecule has 0 spiro atoms.